The molecule has 2 N–H and O–H groups in total. The van der Waals surface area contributed by atoms with Crippen LogP contribution in [0.5, 0.6) is 0 Å². The Bertz CT molecular complexity index is 1040. The van der Waals surface area contributed by atoms with E-state index in [4.69, 9.17) is 0 Å². The minimum Gasteiger partial charge on any atom is -0.353 e. The second-order valence-electron chi connectivity index (χ2n) is 6.38. The molecule has 1 amide bonds. The second kappa shape index (κ2) is 7.83. The number of hydrogen-bond donors (Lipinski definition) is 2. The van der Waals surface area contributed by atoms with Gasteiger partial charge in [0.15, 0.2) is 0 Å². The van der Waals surface area contributed by atoms with Crippen LogP contribution in [0.4, 0.5) is 5.69 Å². The molecular formula is C22H20N4O. The van der Waals surface area contributed by atoms with Gasteiger partial charge in [0.2, 0.25) is 5.91 Å². The summed E-state index contributed by atoms with van der Waals surface area (Å²) >= 11 is 0. The molecule has 5 nitrogen and oxygen atoms in total. The molecule has 27 heavy (non-hydrogen) atoms. The smallest absolute Gasteiger partial charge is 0.224 e. The number of aromatic nitrogens is 3. The molecule has 0 radical (unpaired) electrons. The van der Waals surface area contributed by atoms with Gasteiger partial charge >= 0.3 is 0 Å². The monoisotopic (exact) mass is 356 g/mol. The van der Waals surface area contributed by atoms with Crippen LogP contribution < -0.4 is 5.32 Å². The fraction of sp³-hybridized carbons (Fsp3) is 0.136. The molecule has 3 heterocycles. The van der Waals surface area contributed by atoms with Gasteiger partial charge in [-0.1, -0.05) is 24.3 Å². The number of benzene rings is 1. The minimum atomic E-state index is 0.00206. The maximum Gasteiger partial charge on any atom is 0.224 e. The van der Waals surface area contributed by atoms with Crippen LogP contribution in [-0.4, -0.2) is 20.9 Å². The van der Waals surface area contributed by atoms with Crippen molar-refractivity contribution in [2.45, 2.75) is 19.3 Å². The van der Waals surface area contributed by atoms with Crippen molar-refractivity contribution in [3.8, 4) is 11.4 Å². The van der Waals surface area contributed by atoms with Crippen molar-refractivity contribution in [2.24, 2.45) is 0 Å². The number of pyridine rings is 2. The summed E-state index contributed by atoms with van der Waals surface area (Å²) < 4.78 is 0. The number of carbonyl (C=O) groups is 1. The number of rotatable bonds is 6. The number of amides is 1. The third-order valence-electron chi connectivity index (χ3n) is 4.51. The van der Waals surface area contributed by atoms with Gasteiger partial charge in [-0.25, -0.2) is 0 Å². The molecule has 0 fully saturated rings. The summed E-state index contributed by atoms with van der Waals surface area (Å²) in [4.78, 5) is 24.2. The molecule has 3 aromatic heterocycles. The summed E-state index contributed by atoms with van der Waals surface area (Å²) in [7, 11) is 0. The quantitative estimate of drug-likeness (QED) is 0.531. The van der Waals surface area contributed by atoms with Crippen molar-refractivity contribution < 1.29 is 4.79 Å². The summed E-state index contributed by atoms with van der Waals surface area (Å²) in [6.45, 7) is 0. The zero-order valence-corrected chi connectivity index (χ0v) is 14.9. The van der Waals surface area contributed by atoms with Gasteiger partial charge in [0.05, 0.1) is 23.3 Å². The Morgan fingerprint density at radius 1 is 1.00 bits per heavy atom. The molecule has 134 valence electrons. The average molecular weight is 356 g/mol. The van der Waals surface area contributed by atoms with Crippen LogP contribution in [0.15, 0.2) is 73.2 Å². The number of nitrogens with one attached hydrogen (secondary N) is 2. The van der Waals surface area contributed by atoms with E-state index in [9.17, 15) is 4.79 Å². The molecule has 0 bridgehead atoms. The lowest BCUT2D eigenvalue weighted by Crippen LogP contribution is -2.11. The summed E-state index contributed by atoms with van der Waals surface area (Å²) in [6.07, 6.45) is 7.15. The van der Waals surface area contributed by atoms with Crippen LogP contribution in [0.2, 0.25) is 0 Å². The standard InChI is InChI=1S/C22H20N4O/c27-21(25-16-7-6-13-23-15-16)12-5-9-18-17-8-1-2-10-19(17)26-22(18)20-11-3-4-14-24-20/h1-4,6-8,10-11,13-15,26H,5,9,12H2,(H,25,27). The molecule has 0 unspecified atom stereocenters. The van der Waals surface area contributed by atoms with Gasteiger partial charge in [-0.2, -0.15) is 0 Å². The van der Waals surface area contributed by atoms with Gasteiger partial charge in [0, 0.05) is 29.7 Å². The topological polar surface area (TPSA) is 70.7 Å². The average Bonchev–Trinajstić information content (AvgIpc) is 3.08. The van der Waals surface area contributed by atoms with Crippen LogP contribution >= 0.6 is 0 Å². The van der Waals surface area contributed by atoms with Crippen LogP contribution in [0.1, 0.15) is 18.4 Å². The van der Waals surface area contributed by atoms with Crippen LogP contribution in [0.25, 0.3) is 22.3 Å². The lowest BCUT2D eigenvalue weighted by Gasteiger charge is -2.06. The number of para-hydroxylation sites is 1. The molecule has 4 rings (SSSR count). The molecule has 0 aliphatic rings. The lowest BCUT2D eigenvalue weighted by molar-refractivity contribution is -0.116. The lowest BCUT2D eigenvalue weighted by atomic mass is 10.0. The fourth-order valence-electron chi connectivity index (χ4n) is 3.27. The van der Waals surface area contributed by atoms with Crippen LogP contribution in [0, 0.1) is 0 Å². The van der Waals surface area contributed by atoms with Crippen molar-refractivity contribution in [1.29, 1.82) is 0 Å². The number of nitrogens with zero attached hydrogens (tertiary/aromatic N) is 2. The number of H-pyrrole nitrogens is 1. The van der Waals surface area contributed by atoms with Gasteiger partial charge in [0.1, 0.15) is 0 Å². The molecule has 0 spiro atoms. The maximum absolute atomic E-state index is 12.2. The Balaban J connectivity index is 1.50. The summed E-state index contributed by atoms with van der Waals surface area (Å²) in [6, 6.07) is 17.8. The van der Waals surface area contributed by atoms with Crippen LogP contribution in [0.3, 0.4) is 0 Å². The molecule has 0 atom stereocenters. The minimum absolute atomic E-state index is 0.00206. The molecule has 0 saturated heterocycles. The van der Waals surface area contributed by atoms with Gasteiger partial charge in [-0.05, 0) is 48.7 Å². The highest BCUT2D eigenvalue weighted by Crippen LogP contribution is 2.30. The van der Waals surface area contributed by atoms with Gasteiger partial charge < -0.3 is 10.3 Å². The highest BCUT2D eigenvalue weighted by atomic mass is 16.1. The third-order valence-corrected chi connectivity index (χ3v) is 4.51. The van der Waals surface area contributed by atoms with Crippen molar-refractivity contribution in [3.05, 3.63) is 78.8 Å². The normalized spacial score (nSPS) is 10.8. The first-order chi connectivity index (χ1) is 13.3. The van der Waals surface area contributed by atoms with E-state index in [-0.39, 0.29) is 5.91 Å². The zero-order valence-electron chi connectivity index (χ0n) is 14.9. The molecule has 1 aromatic carbocycles. The van der Waals surface area contributed by atoms with E-state index in [1.165, 1.54) is 10.9 Å². The summed E-state index contributed by atoms with van der Waals surface area (Å²) in [5.74, 6) is 0.00206. The molecule has 0 aliphatic carbocycles. The van der Waals surface area contributed by atoms with Gasteiger partial charge in [0.25, 0.3) is 0 Å². The maximum atomic E-state index is 12.2. The largest absolute Gasteiger partial charge is 0.353 e. The summed E-state index contributed by atoms with van der Waals surface area (Å²) in [5.41, 5.74) is 4.98. The number of hydrogen-bond acceptors (Lipinski definition) is 3. The number of carbonyl (C=O) groups excluding carboxylic acids is 1. The van der Waals surface area contributed by atoms with Gasteiger partial charge in [-0.15, -0.1) is 0 Å². The predicted molar refractivity (Wildman–Crippen MR) is 107 cm³/mol. The Labute approximate surface area is 157 Å². The SMILES string of the molecule is O=C(CCCc1c(-c2ccccn2)[nH]c2ccccc12)Nc1cccnc1. The first-order valence-electron chi connectivity index (χ1n) is 9.02. The molecule has 5 heteroatoms. The number of anilines is 1. The number of aryl methyl sites for hydroxylation is 1. The van der Waals surface area contributed by atoms with Crippen molar-refractivity contribution >= 4 is 22.5 Å². The highest BCUT2D eigenvalue weighted by molar-refractivity contribution is 5.91. The Morgan fingerprint density at radius 3 is 2.70 bits per heavy atom. The number of fused-ring (bicyclic) bond motifs is 1. The Kier molecular flexibility index (Phi) is 4.92. The van der Waals surface area contributed by atoms with E-state index in [0.29, 0.717) is 6.42 Å². The molecular weight excluding hydrogens is 336 g/mol. The fourth-order valence-corrected chi connectivity index (χ4v) is 3.27. The molecule has 0 saturated carbocycles. The van der Waals surface area contributed by atoms with E-state index in [1.54, 1.807) is 24.7 Å². The predicted octanol–water partition coefficient (Wildman–Crippen LogP) is 4.59. The van der Waals surface area contributed by atoms with Crippen molar-refractivity contribution in [1.82, 2.24) is 15.0 Å². The zero-order chi connectivity index (χ0) is 18.5. The van der Waals surface area contributed by atoms with Crippen LogP contribution in [-0.2, 0) is 11.2 Å². The first-order valence-corrected chi connectivity index (χ1v) is 9.02. The number of aromatic amines is 1. The van der Waals surface area contributed by atoms with Crippen molar-refractivity contribution in [3.63, 3.8) is 0 Å². The first kappa shape index (κ1) is 17.0. The van der Waals surface area contributed by atoms with E-state index < -0.39 is 0 Å². The molecule has 0 aliphatic heterocycles. The highest BCUT2D eigenvalue weighted by Gasteiger charge is 2.14. The van der Waals surface area contributed by atoms with E-state index in [0.717, 1.165) is 35.4 Å². The summed E-state index contributed by atoms with van der Waals surface area (Å²) in [5, 5.41) is 4.07. The van der Waals surface area contributed by atoms with Gasteiger partial charge in [-0.3, -0.25) is 14.8 Å². The molecule has 4 aromatic rings. The van der Waals surface area contributed by atoms with E-state index in [1.807, 2.05) is 36.4 Å². The van der Waals surface area contributed by atoms with Crippen molar-refractivity contribution in [2.75, 3.05) is 5.32 Å². The Hall–Kier alpha value is -3.47. The third kappa shape index (κ3) is 3.87. The van der Waals surface area contributed by atoms with E-state index >= 15 is 0 Å². The van der Waals surface area contributed by atoms with E-state index in [2.05, 4.69) is 32.4 Å². The Morgan fingerprint density at radius 2 is 1.89 bits per heavy atom. The second-order valence-corrected chi connectivity index (χ2v) is 6.38.